The van der Waals surface area contributed by atoms with Crippen LogP contribution in [0.1, 0.15) is 56.4 Å². The van der Waals surface area contributed by atoms with Crippen molar-refractivity contribution in [2.24, 2.45) is 5.41 Å². The molecule has 4 rings (SSSR count). The lowest BCUT2D eigenvalue weighted by Crippen LogP contribution is -2.39. The lowest BCUT2D eigenvalue weighted by Gasteiger charge is -2.40. The van der Waals surface area contributed by atoms with E-state index in [9.17, 15) is 22.8 Å². The summed E-state index contributed by atoms with van der Waals surface area (Å²) in [4.78, 5) is 31.1. The number of ketones is 1. The van der Waals surface area contributed by atoms with Crippen LogP contribution in [0.2, 0.25) is 0 Å². The van der Waals surface area contributed by atoms with Crippen LogP contribution in [0.4, 0.5) is 19.0 Å². The number of hydrogen-bond donors (Lipinski definition) is 2. The summed E-state index contributed by atoms with van der Waals surface area (Å²) in [5, 5.41) is 5.87. The lowest BCUT2D eigenvalue weighted by atomic mass is 9.68. The third kappa shape index (κ3) is 4.49. The molecule has 1 aromatic carbocycles. The summed E-state index contributed by atoms with van der Waals surface area (Å²) >= 11 is 0. The zero-order chi connectivity index (χ0) is 24.8. The largest absolute Gasteiger partial charge is 0.416 e. The van der Waals surface area contributed by atoms with E-state index in [4.69, 9.17) is 0 Å². The van der Waals surface area contributed by atoms with Gasteiger partial charge in [-0.25, -0.2) is 4.98 Å². The van der Waals surface area contributed by atoms with Gasteiger partial charge in [-0.2, -0.15) is 13.2 Å². The van der Waals surface area contributed by atoms with Crippen molar-refractivity contribution in [1.29, 1.82) is 0 Å². The molecule has 1 aliphatic heterocycles. The molecule has 2 heterocycles. The van der Waals surface area contributed by atoms with Crippen LogP contribution in [-0.2, 0) is 15.8 Å². The fourth-order valence-electron chi connectivity index (χ4n) is 4.85. The van der Waals surface area contributed by atoms with E-state index in [0.29, 0.717) is 23.5 Å². The second kappa shape index (κ2) is 8.42. The average Bonchev–Trinajstić information content (AvgIpc) is 2.71. The minimum atomic E-state index is -4.65. The number of Topliss-reactive ketones (excluding diaryl/α,β-unsaturated/α-hetero) is 1. The Balaban J connectivity index is 1.89. The number of benzene rings is 1. The molecule has 2 aromatic rings. The first-order valence-corrected chi connectivity index (χ1v) is 11.0. The second-order valence-electron chi connectivity index (χ2n) is 9.63. The number of aromatic nitrogens is 1. The number of alkyl halides is 3. The molecule has 1 amide bonds. The fraction of sp³-hybridized carbons (Fsp3) is 0.346. The average molecular weight is 470 g/mol. The van der Waals surface area contributed by atoms with Crippen molar-refractivity contribution in [2.75, 3.05) is 5.32 Å². The van der Waals surface area contributed by atoms with Gasteiger partial charge in [-0.1, -0.05) is 38.1 Å². The lowest BCUT2D eigenvalue weighted by molar-refractivity contribution is -0.138. The number of halogens is 3. The van der Waals surface area contributed by atoms with E-state index in [1.807, 2.05) is 13.8 Å². The molecule has 1 atom stereocenters. The number of nitrogens with one attached hydrogen (secondary N) is 2. The van der Waals surface area contributed by atoms with E-state index in [0.717, 1.165) is 6.07 Å². The van der Waals surface area contributed by atoms with Crippen molar-refractivity contribution < 1.29 is 22.8 Å². The van der Waals surface area contributed by atoms with Gasteiger partial charge in [0.1, 0.15) is 5.82 Å². The van der Waals surface area contributed by atoms with Crippen LogP contribution in [0.5, 0.6) is 0 Å². The van der Waals surface area contributed by atoms with Gasteiger partial charge in [-0.05, 0) is 49.4 Å². The van der Waals surface area contributed by atoms with Crippen LogP contribution < -0.4 is 10.6 Å². The summed E-state index contributed by atoms with van der Waals surface area (Å²) in [5.74, 6) is -1.73. The number of rotatable bonds is 3. The summed E-state index contributed by atoms with van der Waals surface area (Å²) in [6.45, 7) is 7.31. The van der Waals surface area contributed by atoms with Gasteiger partial charge in [0.15, 0.2) is 5.78 Å². The van der Waals surface area contributed by atoms with Gasteiger partial charge in [0.05, 0.1) is 5.56 Å². The summed E-state index contributed by atoms with van der Waals surface area (Å²) < 4.78 is 42.1. The maximum Gasteiger partial charge on any atom is 0.416 e. The highest BCUT2D eigenvalue weighted by Gasteiger charge is 2.45. The minimum absolute atomic E-state index is 0.0758. The fourth-order valence-corrected chi connectivity index (χ4v) is 4.85. The molecule has 0 bridgehead atoms. The Bertz CT molecular complexity index is 1240. The first kappa shape index (κ1) is 23.7. The Morgan fingerprint density at radius 1 is 1.09 bits per heavy atom. The standard InChI is InChI=1S/C26H26F3N3O2/c1-14-8-7-11-20(30-14)32-24(34)21-15(2)31-18-12-25(3,4)13-19(33)23(18)22(21)16-9-5-6-10-17(16)26(27,28)29/h5-11,22,31H,12-13H2,1-4H3,(H,30,32,34)/t22-/m0/s1. The number of nitrogens with zero attached hydrogens (tertiary/aromatic N) is 1. The number of allylic oxidation sites excluding steroid dienone is 3. The van der Waals surface area contributed by atoms with Crippen LogP contribution in [0.15, 0.2) is 65.0 Å². The smallest absolute Gasteiger partial charge is 0.362 e. The maximum absolute atomic E-state index is 14.0. The summed E-state index contributed by atoms with van der Waals surface area (Å²) in [6, 6.07) is 10.2. The van der Waals surface area contributed by atoms with Crippen molar-refractivity contribution >= 4 is 17.5 Å². The Morgan fingerprint density at radius 3 is 2.47 bits per heavy atom. The van der Waals surface area contributed by atoms with E-state index in [2.05, 4.69) is 15.6 Å². The summed E-state index contributed by atoms with van der Waals surface area (Å²) in [6.07, 6.45) is -3.97. The van der Waals surface area contributed by atoms with Crippen molar-refractivity contribution in [3.63, 3.8) is 0 Å². The van der Waals surface area contributed by atoms with E-state index < -0.39 is 23.6 Å². The van der Waals surface area contributed by atoms with Crippen LogP contribution in [0, 0.1) is 12.3 Å². The highest BCUT2D eigenvalue weighted by atomic mass is 19.4. The van der Waals surface area contributed by atoms with E-state index in [-0.39, 0.29) is 40.1 Å². The molecule has 34 heavy (non-hydrogen) atoms. The number of pyridine rings is 1. The molecule has 8 heteroatoms. The minimum Gasteiger partial charge on any atom is -0.362 e. The number of anilines is 1. The van der Waals surface area contributed by atoms with E-state index in [1.54, 1.807) is 32.0 Å². The van der Waals surface area contributed by atoms with Crippen molar-refractivity contribution in [3.05, 3.63) is 81.8 Å². The zero-order valence-electron chi connectivity index (χ0n) is 19.4. The molecule has 1 aliphatic carbocycles. The Morgan fingerprint density at radius 2 is 1.79 bits per heavy atom. The molecule has 0 unspecified atom stereocenters. The van der Waals surface area contributed by atoms with Crippen molar-refractivity contribution in [3.8, 4) is 0 Å². The monoisotopic (exact) mass is 469 g/mol. The molecule has 0 fully saturated rings. The van der Waals surface area contributed by atoms with Gasteiger partial charge in [0, 0.05) is 40.6 Å². The van der Waals surface area contributed by atoms with Gasteiger partial charge in [0.25, 0.3) is 5.91 Å². The molecule has 0 saturated carbocycles. The van der Waals surface area contributed by atoms with Gasteiger partial charge in [-0.15, -0.1) is 0 Å². The molecular weight excluding hydrogens is 443 g/mol. The molecule has 2 N–H and O–H groups in total. The Hall–Kier alpha value is -3.42. The molecule has 0 spiro atoms. The quantitative estimate of drug-likeness (QED) is 0.609. The number of amides is 1. The summed E-state index contributed by atoms with van der Waals surface area (Å²) in [5.41, 5.74) is 0.650. The predicted molar refractivity (Wildman–Crippen MR) is 123 cm³/mol. The molecule has 1 aromatic heterocycles. The first-order valence-electron chi connectivity index (χ1n) is 11.0. The van der Waals surface area contributed by atoms with Crippen molar-refractivity contribution in [2.45, 2.75) is 52.6 Å². The van der Waals surface area contributed by atoms with Gasteiger partial charge < -0.3 is 10.6 Å². The number of dihydropyridines is 1. The van der Waals surface area contributed by atoms with Gasteiger partial charge >= 0.3 is 6.18 Å². The number of aryl methyl sites for hydroxylation is 1. The van der Waals surface area contributed by atoms with Crippen LogP contribution in [0.3, 0.4) is 0 Å². The predicted octanol–water partition coefficient (Wildman–Crippen LogP) is 5.65. The molecule has 0 saturated heterocycles. The Kier molecular flexibility index (Phi) is 5.87. The first-order chi connectivity index (χ1) is 15.9. The van der Waals surface area contributed by atoms with Crippen LogP contribution >= 0.6 is 0 Å². The van der Waals surface area contributed by atoms with Gasteiger partial charge in [0.2, 0.25) is 0 Å². The molecule has 0 radical (unpaired) electrons. The second-order valence-corrected chi connectivity index (χ2v) is 9.63. The van der Waals surface area contributed by atoms with E-state index >= 15 is 0 Å². The zero-order valence-corrected chi connectivity index (χ0v) is 19.4. The molecule has 178 valence electrons. The SMILES string of the molecule is CC1=C(C(=O)Nc2cccc(C)n2)[C@H](c2ccccc2C(F)(F)F)C2=C(CC(C)(C)CC2=O)N1. The van der Waals surface area contributed by atoms with Gasteiger partial charge in [-0.3, -0.25) is 9.59 Å². The highest BCUT2D eigenvalue weighted by molar-refractivity contribution is 6.09. The Labute approximate surface area is 196 Å². The third-order valence-corrected chi connectivity index (χ3v) is 6.19. The van der Waals surface area contributed by atoms with Crippen LogP contribution in [0.25, 0.3) is 0 Å². The number of carbonyl (C=O) groups is 2. The number of carbonyl (C=O) groups excluding carboxylic acids is 2. The number of hydrogen-bond acceptors (Lipinski definition) is 4. The van der Waals surface area contributed by atoms with Crippen LogP contribution in [-0.4, -0.2) is 16.7 Å². The van der Waals surface area contributed by atoms with E-state index in [1.165, 1.54) is 18.2 Å². The molecule has 2 aliphatic rings. The normalized spacial score (nSPS) is 20.1. The molecule has 5 nitrogen and oxygen atoms in total. The third-order valence-electron chi connectivity index (χ3n) is 6.19. The topological polar surface area (TPSA) is 71.1 Å². The highest BCUT2D eigenvalue weighted by Crippen LogP contribution is 2.49. The summed E-state index contributed by atoms with van der Waals surface area (Å²) in [7, 11) is 0. The molecular formula is C26H26F3N3O2. The maximum atomic E-state index is 14.0. The van der Waals surface area contributed by atoms with Crippen molar-refractivity contribution in [1.82, 2.24) is 10.3 Å².